The van der Waals surface area contributed by atoms with Crippen molar-refractivity contribution in [2.45, 2.75) is 19.4 Å². The number of aromatic nitrogens is 2. The van der Waals surface area contributed by atoms with Gasteiger partial charge in [0.1, 0.15) is 5.82 Å². The van der Waals surface area contributed by atoms with E-state index in [-0.39, 0.29) is 0 Å². The first-order chi connectivity index (χ1) is 8.25. The van der Waals surface area contributed by atoms with Crippen LogP contribution in [0.25, 0.3) is 0 Å². The van der Waals surface area contributed by atoms with Crippen LogP contribution in [0.2, 0.25) is 0 Å². The number of nitrogens with zero attached hydrogens (tertiary/aromatic N) is 3. The SMILES string of the molecule is CC1Cc2ccccc2N1c1ccnc(N)n1. The molecule has 0 radical (unpaired) electrons. The Morgan fingerprint density at radius 2 is 2.12 bits per heavy atom. The summed E-state index contributed by atoms with van der Waals surface area (Å²) in [5.74, 6) is 1.19. The molecule has 2 N–H and O–H groups in total. The van der Waals surface area contributed by atoms with Crippen molar-refractivity contribution in [3.05, 3.63) is 42.1 Å². The lowest BCUT2D eigenvalue weighted by molar-refractivity contribution is 0.750. The maximum atomic E-state index is 5.64. The van der Waals surface area contributed by atoms with Crippen LogP contribution in [-0.2, 0) is 6.42 Å². The molecule has 0 saturated carbocycles. The molecule has 2 aromatic rings. The van der Waals surface area contributed by atoms with Crippen LogP contribution in [0.5, 0.6) is 0 Å². The first-order valence-corrected chi connectivity index (χ1v) is 5.71. The molecule has 17 heavy (non-hydrogen) atoms. The van der Waals surface area contributed by atoms with Crippen molar-refractivity contribution in [2.24, 2.45) is 0 Å². The van der Waals surface area contributed by atoms with Gasteiger partial charge in [0.2, 0.25) is 5.95 Å². The molecule has 0 amide bonds. The van der Waals surface area contributed by atoms with Crippen molar-refractivity contribution >= 4 is 17.5 Å². The van der Waals surface area contributed by atoms with Crippen molar-refractivity contribution in [1.29, 1.82) is 0 Å². The molecular formula is C13H14N4. The monoisotopic (exact) mass is 226 g/mol. The van der Waals surface area contributed by atoms with E-state index in [2.05, 4.69) is 46.1 Å². The minimum Gasteiger partial charge on any atom is -0.368 e. The van der Waals surface area contributed by atoms with E-state index >= 15 is 0 Å². The summed E-state index contributed by atoms with van der Waals surface area (Å²) in [4.78, 5) is 10.4. The Balaban J connectivity index is 2.09. The summed E-state index contributed by atoms with van der Waals surface area (Å²) < 4.78 is 0. The fraction of sp³-hybridized carbons (Fsp3) is 0.231. The van der Waals surface area contributed by atoms with Gasteiger partial charge in [-0.3, -0.25) is 0 Å². The predicted molar refractivity (Wildman–Crippen MR) is 68.2 cm³/mol. The molecule has 1 aliphatic rings. The second-order valence-electron chi connectivity index (χ2n) is 4.32. The highest BCUT2D eigenvalue weighted by Crippen LogP contribution is 2.36. The third-order valence-electron chi connectivity index (χ3n) is 3.11. The van der Waals surface area contributed by atoms with Crippen LogP contribution in [0, 0.1) is 0 Å². The van der Waals surface area contributed by atoms with E-state index in [9.17, 15) is 0 Å². The average Bonchev–Trinajstić information content (AvgIpc) is 2.64. The lowest BCUT2D eigenvalue weighted by Gasteiger charge is -2.23. The van der Waals surface area contributed by atoms with E-state index in [1.165, 1.54) is 11.3 Å². The Bertz CT molecular complexity index is 553. The molecule has 1 atom stereocenters. The number of rotatable bonds is 1. The summed E-state index contributed by atoms with van der Waals surface area (Å²) in [6.07, 6.45) is 2.74. The summed E-state index contributed by atoms with van der Waals surface area (Å²) in [7, 11) is 0. The molecule has 4 nitrogen and oxygen atoms in total. The Kier molecular flexibility index (Phi) is 2.21. The smallest absolute Gasteiger partial charge is 0.221 e. The summed E-state index contributed by atoms with van der Waals surface area (Å²) >= 11 is 0. The van der Waals surface area contributed by atoms with E-state index in [1.54, 1.807) is 6.20 Å². The Hall–Kier alpha value is -2.10. The Morgan fingerprint density at radius 1 is 1.29 bits per heavy atom. The third kappa shape index (κ3) is 1.62. The van der Waals surface area contributed by atoms with Crippen LogP contribution in [0.1, 0.15) is 12.5 Å². The molecule has 0 aliphatic carbocycles. The van der Waals surface area contributed by atoms with Gasteiger partial charge in [-0.05, 0) is 31.0 Å². The third-order valence-corrected chi connectivity index (χ3v) is 3.11. The molecule has 0 spiro atoms. The number of benzene rings is 1. The van der Waals surface area contributed by atoms with Gasteiger partial charge < -0.3 is 10.6 Å². The zero-order chi connectivity index (χ0) is 11.8. The normalized spacial score (nSPS) is 18.2. The first-order valence-electron chi connectivity index (χ1n) is 5.71. The molecule has 1 aliphatic heterocycles. The van der Waals surface area contributed by atoms with Gasteiger partial charge in [0, 0.05) is 17.9 Å². The molecule has 4 heteroatoms. The molecule has 0 fully saturated rings. The molecular weight excluding hydrogens is 212 g/mol. The molecule has 1 unspecified atom stereocenters. The van der Waals surface area contributed by atoms with Crippen molar-refractivity contribution in [1.82, 2.24) is 9.97 Å². The zero-order valence-corrected chi connectivity index (χ0v) is 9.67. The average molecular weight is 226 g/mol. The minimum atomic E-state index is 0.319. The van der Waals surface area contributed by atoms with Gasteiger partial charge in [-0.2, -0.15) is 4.98 Å². The van der Waals surface area contributed by atoms with Crippen LogP contribution >= 0.6 is 0 Å². The van der Waals surface area contributed by atoms with Crippen LogP contribution in [-0.4, -0.2) is 16.0 Å². The van der Waals surface area contributed by atoms with Crippen LogP contribution in [0.3, 0.4) is 0 Å². The zero-order valence-electron chi connectivity index (χ0n) is 9.67. The van der Waals surface area contributed by atoms with Crippen LogP contribution in [0.15, 0.2) is 36.5 Å². The van der Waals surface area contributed by atoms with E-state index < -0.39 is 0 Å². The molecule has 2 heterocycles. The maximum absolute atomic E-state index is 5.64. The van der Waals surface area contributed by atoms with Crippen molar-refractivity contribution in [3.8, 4) is 0 Å². The van der Waals surface area contributed by atoms with Crippen LogP contribution in [0.4, 0.5) is 17.5 Å². The standard InChI is InChI=1S/C13H14N4/c1-9-8-10-4-2-3-5-11(10)17(9)12-6-7-15-13(14)16-12/h2-7,9H,8H2,1H3,(H2,14,15,16). The highest BCUT2D eigenvalue weighted by atomic mass is 15.2. The molecule has 86 valence electrons. The molecule has 0 bridgehead atoms. The minimum absolute atomic E-state index is 0.319. The van der Waals surface area contributed by atoms with Gasteiger partial charge in [-0.25, -0.2) is 4.98 Å². The second kappa shape index (κ2) is 3.73. The fourth-order valence-electron chi connectivity index (χ4n) is 2.41. The summed E-state index contributed by atoms with van der Waals surface area (Å²) in [5, 5.41) is 0. The lowest BCUT2D eigenvalue weighted by Crippen LogP contribution is -2.25. The number of nitrogens with two attached hydrogens (primary N) is 1. The largest absolute Gasteiger partial charge is 0.368 e. The predicted octanol–water partition coefficient (Wildman–Crippen LogP) is 2.14. The van der Waals surface area contributed by atoms with Gasteiger partial charge in [-0.1, -0.05) is 18.2 Å². The van der Waals surface area contributed by atoms with E-state index in [0.717, 1.165) is 12.2 Å². The van der Waals surface area contributed by atoms with E-state index in [0.29, 0.717) is 12.0 Å². The maximum Gasteiger partial charge on any atom is 0.221 e. The molecule has 0 saturated heterocycles. The van der Waals surface area contributed by atoms with Crippen LogP contribution < -0.4 is 10.6 Å². The van der Waals surface area contributed by atoms with E-state index in [4.69, 9.17) is 5.73 Å². The molecule has 1 aromatic carbocycles. The number of para-hydroxylation sites is 1. The Labute approximate surface area is 100 Å². The van der Waals surface area contributed by atoms with Gasteiger partial charge in [0.25, 0.3) is 0 Å². The van der Waals surface area contributed by atoms with Gasteiger partial charge in [-0.15, -0.1) is 0 Å². The van der Waals surface area contributed by atoms with Crippen molar-refractivity contribution in [2.75, 3.05) is 10.6 Å². The van der Waals surface area contributed by atoms with Crippen molar-refractivity contribution in [3.63, 3.8) is 0 Å². The highest BCUT2D eigenvalue weighted by Gasteiger charge is 2.27. The lowest BCUT2D eigenvalue weighted by atomic mass is 10.1. The number of anilines is 3. The first kappa shape index (κ1) is 10.1. The molecule has 1 aromatic heterocycles. The van der Waals surface area contributed by atoms with Gasteiger partial charge in [0.15, 0.2) is 0 Å². The Morgan fingerprint density at radius 3 is 2.94 bits per heavy atom. The van der Waals surface area contributed by atoms with Gasteiger partial charge >= 0.3 is 0 Å². The topological polar surface area (TPSA) is 55.0 Å². The molecule has 3 rings (SSSR count). The van der Waals surface area contributed by atoms with Gasteiger partial charge in [0.05, 0.1) is 0 Å². The quantitative estimate of drug-likeness (QED) is 0.809. The summed E-state index contributed by atoms with van der Waals surface area (Å²) in [6, 6.07) is 10.7. The summed E-state index contributed by atoms with van der Waals surface area (Å²) in [5.41, 5.74) is 8.22. The van der Waals surface area contributed by atoms with Crippen molar-refractivity contribution < 1.29 is 0 Å². The highest BCUT2D eigenvalue weighted by molar-refractivity contribution is 5.68. The number of nitrogen functional groups attached to an aromatic ring is 1. The second-order valence-corrected chi connectivity index (χ2v) is 4.32. The number of hydrogen-bond donors (Lipinski definition) is 1. The summed E-state index contributed by atoms with van der Waals surface area (Å²) in [6.45, 7) is 2.19. The fourth-order valence-corrected chi connectivity index (χ4v) is 2.41. The number of fused-ring (bicyclic) bond motifs is 1. The van der Waals surface area contributed by atoms with E-state index in [1.807, 2.05) is 6.07 Å². The number of hydrogen-bond acceptors (Lipinski definition) is 4.